The van der Waals surface area contributed by atoms with Crippen molar-refractivity contribution in [3.8, 4) is 0 Å². The number of hydrogen-bond donors (Lipinski definition) is 1. The average molecular weight is 157 g/mol. The van der Waals surface area contributed by atoms with E-state index in [1.807, 2.05) is 0 Å². The number of carbonyl (C=O) groups is 1. The Kier molecular flexibility index (Phi) is 1.89. The minimum Gasteiger partial charge on any atom is -0.365 e. The lowest BCUT2D eigenvalue weighted by atomic mass is 10.2. The molecule has 0 aliphatic rings. The second-order valence-corrected chi connectivity index (χ2v) is 2.16. The minimum absolute atomic E-state index is 0.0972. The summed E-state index contributed by atoms with van der Waals surface area (Å²) in [5, 5.41) is 3.69. The van der Waals surface area contributed by atoms with Gasteiger partial charge in [0.2, 0.25) is 0 Å². The van der Waals surface area contributed by atoms with Gasteiger partial charge >= 0.3 is 0 Å². The van der Waals surface area contributed by atoms with E-state index in [1.54, 1.807) is 7.05 Å². The molecule has 0 saturated carbocycles. The van der Waals surface area contributed by atoms with E-state index in [1.165, 1.54) is 10.9 Å². The Hall–Kier alpha value is -1.39. The predicted molar refractivity (Wildman–Crippen MR) is 36.5 cm³/mol. The molecule has 60 valence electrons. The van der Waals surface area contributed by atoms with Gasteiger partial charge in [0.05, 0.1) is 5.56 Å². The number of nitrogens with two attached hydrogens (primary N) is 1. The minimum atomic E-state index is -0.765. The lowest BCUT2D eigenvalue weighted by Crippen LogP contribution is -2.11. The van der Waals surface area contributed by atoms with Crippen LogP contribution in [0.2, 0.25) is 0 Å². The number of hydrogen-bond acceptors (Lipinski definition) is 2. The molecule has 0 fully saturated rings. The van der Waals surface area contributed by atoms with E-state index >= 15 is 0 Å². The fraction of sp³-hybridized carbons (Fsp3) is 0.333. The highest BCUT2D eigenvalue weighted by molar-refractivity contribution is 5.93. The number of halogens is 1. The summed E-state index contributed by atoms with van der Waals surface area (Å²) in [6.45, 7) is -0.765. The van der Waals surface area contributed by atoms with Gasteiger partial charge in [-0.1, -0.05) is 0 Å². The average Bonchev–Trinajstić information content (AvgIpc) is 2.30. The summed E-state index contributed by atoms with van der Waals surface area (Å²) in [7, 11) is 1.60. The summed E-state index contributed by atoms with van der Waals surface area (Å²) in [6, 6.07) is 0. The second kappa shape index (κ2) is 2.69. The molecule has 1 aromatic heterocycles. The molecule has 5 heteroatoms. The van der Waals surface area contributed by atoms with Crippen LogP contribution in [0.5, 0.6) is 0 Å². The molecule has 0 spiro atoms. The fourth-order valence-electron chi connectivity index (χ4n) is 0.839. The van der Waals surface area contributed by atoms with Crippen molar-refractivity contribution >= 4 is 5.91 Å². The molecule has 2 N–H and O–H groups in total. The van der Waals surface area contributed by atoms with Crippen molar-refractivity contribution < 1.29 is 9.18 Å². The maximum absolute atomic E-state index is 12.1. The van der Waals surface area contributed by atoms with Gasteiger partial charge < -0.3 is 5.73 Å². The molecule has 0 aromatic carbocycles. The van der Waals surface area contributed by atoms with E-state index in [0.29, 0.717) is 0 Å². The molecule has 4 nitrogen and oxygen atoms in total. The lowest BCUT2D eigenvalue weighted by Gasteiger charge is -1.88. The van der Waals surface area contributed by atoms with Crippen molar-refractivity contribution in [3.63, 3.8) is 0 Å². The predicted octanol–water partition coefficient (Wildman–Crippen LogP) is -0.0115. The van der Waals surface area contributed by atoms with Crippen LogP contribution in [-0.4, -0.2) is 15.7 Å². The highest BCUT2D eigenvalue weighted by atomic mass is 19.1. The Morgan fingerprint density at radius 2 is 2.55 bits per heavy atom. The molecule has 1 amide bonds. The largest absolute Gasteiger partial charge is 0.365 e. The molecular formula is C6H8FN3O. The Bertz CT molecular complexity index is 281. The van der Waals surface area contributed by atoms with Crippen molar-refractivity contribution in [1.29, 1.82) is 0 Å². The molecule has 0 unspecified atom stereocenters. The van der Waals surface area contributed by atoms with Crippen molar-refractivity contribution in [2.45, 2.75) is 6.67 Å². The smallest absolute Gasteiger partial charge is 0.252 e. The molecule has 1 rings (SSSR count). The maximum Gasteiger partial charge on any atom is 0.252 e. The Balaban J connectivity index is 3.12. The maximum atomic E-state index is 12.1. The van der Waals surface area contributed by atoms with E-state index in [4.69, 9.17) is 5.73 Å². The van der Waals surface area contributed by atoms with Crippen molar-refractivity contribution in [2.75, 3.05) is 0 Å². The highest BCUT2D eigenvalue weighted by Crippen LogP contribution is 2.05. The van der Waals surface area contributed by atoms with E-state index in [9.17, 15) is 9.18 Å². The van der Waals surface area contributed by atoms with Crippen LogP contribution in [-0.2, 0) is 13.7 Å². The third-order valence-electron chi connectivity index (χ3n) is 1.30. The van der Waals surface area contributed by atoms with Crippen LogP contribution in [0.1, 0.15) is 16.1 Å². The van der Waals surface area contributed by atoms with E-state index < -0.39 is 12.6 Å². The summed E-state index contributed by atoms with van der Waals surface area (Å²) >= 11 is 0. The van der Waals surface area contributed by atoms with Gasteiger partial charge in [-0.05, 0) is 0 Å². The molecule has 11 heavy (non-hydrogen) atoms. The summed E-state index contributed by atoms with van der Waals surface area (Å²) in [5.74, 6) is -0.647. The van der Waals surface area contributed by atoms with Gasteiger partial charge in [-0.3, -0.25) is 9.48 Å². The van der Waals surface area contributed by atoms with Crippen LogP contribution in [0.3, 0.4) is 0 Å². The van der Waals surface area contributed by atoms with Gasteiger partial charge in [0, 0.05) is 13.2 Å². The Labute approximate surface area is 62.8 Å². The normalized spacial score (nSPS) is 10.0. The summed E-state index contributed by atoms with van der Waals surface area (Å²) in [5.41, 5.74) is 5.19. The van der Waals surface area contributed by atoms with Crippen LogP contribution in [0.15, 0.2) is 6.20 Å². The molecule has 0 aliphatic carbocycles. The van der Waals surface area contributed by atoms with Crippen molar-refractivity contribution in [3.05, 3.63) is 17.5 Å². The Morgan fingerprint density at radius 1 is 1.91 bits per heavy atom. The number of alkyl halides is 1. The molecule has 1 heterocycles. The topological polar surface area (TPSA) is 60.9 Å². The number of rotatable bonds is 2. The van der Waals surface area contributed by atoms with Gasteiger partial charge in [0.15, 0.2) is 0 Å². The van der Waals surface area contributed by atoms with Crippen molar-refractivity contribution in [2.24, 2.45) is 12.8 Å². The zero-order valence-corrected chi connectivity index (χ0v) is 6.04. The summed E-state index contributed by atoms with van der Waals surface area (Å²) in [4.78, 5) is 10.6. The quantitative estimate of drug-likeness (QED) is 0.656. The van der Waals surface area contributed by atoms with Gasteiger partial charge in [-0.25, -0.2) is 4.39 Å². The lowest BCUT2D eigenvalue weighted by molar-refractivity contribution is 0.0998. The second-order valence-electron chi connectivity index (χ2n) is 2.16. The Morgan fingerprint density at radius 3 is 2.91 bits per heavy atom. The summed E-state index contributed by atoms with van der Waals surface area (Å²) < 4.78 is 13.4. The van der Waals surface area contributed by atoms with Crippen molar-refractivity contribution in [1.82, 2.24) is 9.78 Å². The molecule has 0 atom stereocenters. The first-order valence-corrected chi connectivity index (χ1v) is 3.03. The van der Waals surface area contributed by atoms with E-state index in [-0.39, 0.29) is 11.3 Å². The van der Waals surface area contributed by atoms with Gasteiger partial charge in [-0.15, -0.1) is 0 Å². The van der Waals surface area contributed by atoms with Crippen LogP contribution >= 0.6 is 0 Å². The molecule has 0 saturated heterocycles. The molecular weight excluding hydrogens is 149 g/mol. The number of nitrogens with zero attached hydrogens (tertiary/aromatic N) is 2. The fourth-order valence-corrected chi connectivity index (χ4v) is 0.839. The first-order chi connectivity index (χ1) is 5.15. The first-order valence-electron chi connectivity index (χ1n) is 3.03. The number of aryl methyl sites for hydroxylation is 1. The van der Waals surface area contributed by atoms with Crippen LogP contribution < -0.4 is 5.73 Å². The molecule has 0 aliphatic heterocycles. The third-order valence-corrected chi connectivity index (χ3v) is 1.30. The number of primary amides is 1. The highest BCUT2D eigenvalue weighted by Gasteiger charge is 2.11. The van der Waals surface area contributed by atoms with Gasteiger partial charge in [0.1, 0.15) is 12.4 Å². The number of amides is 1. The molecule has 0 radical (unpaired) electrons. The van der Waals surface area contributed by atoms with Gasteiger partial charge in [-0.2, -0.15) is 5.10 Å². The number of carbonyl (C=O) groups excluding carboxylic acids is 1. The van der Waals surface area contributed by atoms with E-state index in [2.05, 4.69) is 5.10 Å². The van der Waals surface area contributed by atoms with Crippen LogP contribution in [0.25, 0.3) is 0 Å². The zero-order chi connectivity index (χ0) is 8.43. The monoisotopic (exact) mass is 157 g/mol. The standard InChI is InChI=1S/C6H8FN3O/c1-10-3-4(6(8)11)5(2-7)9-10/h3H,2H2,1H3,(H2,8,11). The summed E-state index contributed by atoms with van der Waals surface area (Å²) in [6.07, 6.45) is 1.40. The van der Waals surface area contributed by atoms with E-state index in [0.717, 1.165) is 0 Å². The third kappa shape index (κ3) is 1.36. The number of aromatic nitrogens is 2. The van der Waals surface area contributed by atoms with Gasteiger partial charge in [0.25, 0.3) is 5.91 Å². The first kappa shape index (κ1) is 7.71. The SMILES string of the molecule is Cn1cc(C(N)=O)c(CF)n1. The zero-order valence-electron chi connectivity index (χ0n) is 6.04. The van der Waals surface area contributed by atoms with Crippen LogP contribution in [0.4, 0.5) is 4.39 Å². The molecule has 1 aromatic rings. The molecule has 0 bridgehead atoms. The van der Waals surface area contributed by atoms with Crippen LogP contribution in [0, 0.1) is 0 Å².